The second-order valence-electron chi connectivity index (χ2n) is 4.93. The largest absolute Gasteiger partial charge is 0.484 e. The van der Waals surface area contributed by atoms with E-state index in [2.05, 4.69) is 4.36 Å². The Morgan fingerprint density at radius 1 is 1.11 bits per heavy atom. The van der Waals surface area contributed by atoms with Gasteiger partial charge >= 0.3 is 5.51 Å². The molecule has 0 radical (unpaired) electrons. The molecule has 0 saturated carbocycles. The quantitative estimate of drug-likeness (QED) is 0.794. The van der Waals surface area contributed by atoms with Gasteiger partial charge in [-0.05, 0) is 12.1 Å². The van der Waals surface area contributed by atoms with E-state index in [1.807, 2.05) is 0 Å². The standard InChI is InChI=1S/C12H14F3NO2S/c1-11(2,3)10(17)16-19(18,12(13,14)15)9-7-5-4-6-8-9/h4-8H,1-3H3. The highest BCUT2D eigenvalue weighted by molar-refractivity contribution is 7.94. The Kier molecular flexibility index (Phi) is 4.09. The molecule has 0 aliphatic carbocycles. The highest BCUT2D eigenvalue weighted by Crippen LogP contribution is 2.33. The Morgan fingerprint density at radius 2 is 1.58 bits per heavy atom. The molecule has 0 N–H and O–H groups in total. The van der Waals surface area contributed by atoms with Crippen LogP contribution in [0.25, 0.3) is 0 Å². The van der Waals surface area contributed by atoms with Gasteiger partial charge in [0.05, 0.1) is 4.90 Å². The van der Waals surface area contributed by atoms with Crippen LogP contribution in [0.2, 0.25) is 0 Å². The van der Waals surface area contributed by atoms with E-state index in [-0.39, 0.29) is 0 Å². The number of hydrogen-bond donors (Lipinski definition) is 0. The molecule has 1 aromatic carbocycles. The molecule has 7 heteroatoms. The van der Waals surface area contributed by atoms with Crippen LogP contribution in [0.15, 0.2) is 39.6 Å². The lowest BCUT2D eigenvalue weighted by atomic mass is 9.96. The van der Waals surface area contributed by atoms with Crippen LogP contribution in [0.4, 0.5) is 13.2 Å². The van der Waals surface area contributed by atoms with Crippen LogP contribution in [0, 0.1) is 5.41 Å². The molecule has 0 heterocycles. The third-order valence-corrected chi connectivity index (χ3v) is 4.19. The van der Waals surface area contributed by atoms with Crippen LogP contribution < -0.4 is 0 Å². The molecule has 0 saturated heterocycles. The minimum atomic E-state index is -5.10. The molecule has 0 fully saturated rings. The SMILES string of the molecule is CC(C)(C)C(=O)N=S(=O)(c1ccccc1)C(F)(F)F. The predicted octanol–water partition coefficient (Wildman–Crippen LogP) is 3.61. The monoisotopic (exact) mass is 293 g/mol. The van der Waals surface area contributed by atoms with Crippen LogP contribution in [0.5, 0.6) is 0 Å². The van der Waals surface area contributed by atoms with Gasteiger partial charge in [0, 0.05) is 5.41 Å². The van der Waals surface area contributed by atoms with Gasteiger partial charge in [-0.2, -0.15) is 13.2 Å². The predicted molar refractivity (Wildman–Crippen MR) is 65.8 cm³/mol. The maximum Gasteiger partial charge on any atom is 0.484 e. The highest BCUT2D eigenvalue weighted by atomic mass is 32.2. The summed E-state index contributed by atoms with van der Waals surface area (Å²) in [6.45, 7) is 4.25. The maximum atomic E-state index is 13.0. The molecule has 1 aromatic rings. The van der Waals surface area contributed by atoms with Crippen LogP contribution in [0.3, 0.4) is 0 Å². The lowest BCUT2D eigenvalue weighted by Crippen LogP contribution is -2.27. The van der Waals surface area contributed by atoms with Gasteiger partial charge < -0.3 is 0 Å². The number of amides is 1. The Balaban J connectivity index is 3.53. The van der Waals surface area contributed by atoms with Gasteiger partial charge in [0.2, 0.25) is 0 Å². The zero-order chi connectivity index (χ0) is 14.9. The lowest BCUT2D eigenvalue weighted by molar-refractivity contribution is -0.124. The van der Waals surface area contributed by atoms with Crippen molar-refractivity contribution in [2.24, 2.45) is 9.78 Å². The van der Waals surface area contributed by atoms with E-state index < -0.39 is 31.5 Å². The van der Waals surface area contributed by atoms with E-state index >= 15 is 0 Å². The number of nitrogens with zero attached hydrogens (tertiary/aromatic N) is 1. The molecule has 1 amide bonds. The summed E-state index contributed by atoms with van der Waals surface area (Å²) in [7, 11) is -4.79. The third-order valence-electron chi connectivity index (χ3n) is 2.23. The third kappa shape index (κ3) is 3.34. The minimum absolute atomic E-state index is 0.514. The molecule has 3 nitrogen and oxygen atoms in total. The number of rotatable bonds is 1. The fourth-order valence-electron chi connectivity index (χ4n) is 1.10. The summed E-state index contributed by atoms with van der Waals surface area (Å²) in [5, 5.41) is 0. The van der Waals surface area contributed by atoms with Crippen molar-refractivity contribution in [2.75, 3.05) is 0 Å². The van der Waals surface area contributed by atoms with E-state index in [9.17, 15) is 22.2 Å². The number of carbonyl (C=O) groups excluding carboxylic acids is 1. The van der Waals surface area contributed by atoms with Crippen LogP contribution in [-0.4, -0.2) is 15.6 Å². The molecule has 1 atom stereocenters. The smallest absolute Gasteiger partial charge is 0.271 e. The second kappa shape index (κ2) is 4.96. The molecule has 0 bridgehead atoms. The Hall–Kier alpha value is -1.37. The van der Waals surface area contributed by atoms with Crippen molar-refractivity contribution < 1.29 is 22.2 Å². The number of halogens is 3. The zero-order valence-electron chi connectivity index (χ0n) is 10.7. The maximum absolute atomic E-state index is 13.0. The first-order valence-corrected chi connectivity index (χ1v) is 6.93. The topological polar surface area (TPSA) is 46.5 Å². The zero-order valence-corrected chi connectivity index (χ0v) is 11.5. The van der Waals surface area contributed by atoms with Crippen LogP contribution in [-0.2, 0) is 14.5 Å². The normalized spacial score (nSPS) is 15.7. The van der Waals surface area contributed by atoms with E-state index in [0.29, 0.717) is 0 Å². The van der Waals surface area contributed by atoms with Gasteiger partial charge in [-0.1, -0.05) is 39.0 Å². The Morgan fingerprint density at radius 3 is 1.95 bits per heavy atom. The summed E-state index contributed by atoms with van der Waals surface area (Å²) in [5.74, 6) is -1.04. The number of alkyl halides is 3. The van der Waals surface area contributed by atoms with Gasteiger partial charge in [-0.3, -0.25) is 4.79 Å². The fourth-order valence-corrected chi connectivity index (χ4v) is 2.61. The molecule has 0 aromatic heterocycles. The molecule has 0 aliphatic heterocycles. The van der Waals surface area contributed by atoms with Crippen molar-refractivity contribution in [2.45, 2.75) is 31.2 Å². The Labute approximate surface area is 110 Å². The van der Waals surface area contributed by atoms with Crippen molar-refractivity contribution in [3.05, 3.63) is 30.3 Å². The van der Waals surface area contributed by atoms with E-state index in [0.717, 1.165) is 12.1 Å². The number of hydrogen-bond acceptors (Lipinski definition) is 2. The summed E-state index contributed by atoms with van der Waals surface area (Å²) in [5.41, 5.74) is -6.22. The van der Waals surface area contributed by atoms with E-state index in [4.69, 9.17) is 0 Å². The molecular weight excluding hydrogens is 279 g/mol. The van der Waals surface area contributed by atoms with Crippen molar-refractivity contribution in [3.63, 3.8) is 0 Å². The molecule has 106 valence electrons. The van der Waals surface area contributed by atoms with Crippen molar-refractivity contribution in [1.29, 1.82) is 0 Å². The number of benzene rings is 1. The van der Waals surface area contributed by atoms with Crippen molar-refractivity contribution in [3.8, 4) is 0 Å². The second-order valence-corrected chi connectivity index (χ2v) is 7.10. The molecular formula is C12H14F3NO2S. The van der Waals surface area contributed by atoms with Crippen LogP contribution in [0.1, 0.15) is 20.8 Å². The van der Waals surface area contributed by atoms with E-state index in [1.54, 1.807) is 0 Å². The minimum Gasteiger partial charge on any atom is -0.271 e. The van der Waals surface area contributed by atoms with Crippen molar-refractivity contribution in [1.82, 2.24) is 0 Å². The molecule has 1 rings (SSSR count). The van der Waals surface area contributed by atoms with Gasteiger partial charge in [0.1, 0.15) is 0 Å². The van der Waals surface area contributed by atoms with Gasteiger partial charge in [0.25, 0.3) is 5.91 Å². The average molecular weight is 293 g/mol. The first-order valence-electron chi connectivity index (χ1n) is 5.41. The fraction of sp³-hybridized carbons (Fsp3) is 0.417. The summed E-state index contributed by atoms with van der Waals surface area (Å²) in [6, 6.07) is 6.23. The Bertz CT molecular complexity index is 579. The molecule has 19 heavy (non-hydrogen) atoms. The first-order chi connectivity index (χ1) is 8.48. The van der Waals surface area contributed by atoms with Gasteiger partial charge in [-0.15, -0.1) is 4.36 Å². The van der Waals surface area contributed by atoms with Gasteiger partial charge in [-0.25, -0.2) is 4.21 Å². The van der Waals surface area contributed by atoms with Crippen molar-refractivity contribution >= 4 is 15.6 Å². The highest BCUT2D eigenvalue weighted by Gasteiger charge is 2.46. The van der Waals surface area contributed by atoms with Gasteiger partial charge in [0.15, 0.2) is 9.73 Å². The van der Waals surface area contributed by atoms with Crippen LogP contribution >= 0.6 is 0 Å². The summed E-state index contributed by atoms with van der Waals surface area (Å²) in [6.07, 6.45) is 0. The molecule has 0 spiro atoms. The average Bonchev–Trinajstić information content (AvgIpc) is 2.27. The first kappa shape index (κ1) is 15.7. The lowest BCUT2D eigenvalue weighted by Gasteiger charge is -2.17. The summed E-state index contributed by atoms with van der Waals surface area (Å²) < 4.78 is 54.2. The summed E-state index contributed by atoms with van der Waals surface area (Å²) in [4.78, 5) is 11.1. The molecule has 0 aliphatic rings. The molecule has 1 unspecified atom stereocenters. The summed E-state index contributed by atoms with van der Waals surface area (Å²) >= 11 is 0. The van der Waals surface area contributed by atoms with E-state index in [1.165, 1.54) is 39.0 Å². The number of carbonyl (C=O) groups is 1.